The predicted octanol–water partition coefficient (Wildman–Crippen LogP) is 11.9. The lowest BCUT2D eigenvalue weighted by Crippen LogP contribution is -2.00. The quantitative estimate of drug-likeness (QED) is 0.184. The summed E-state index contributed by atoms with van der Waals surface area (Å²) in [5, 5.41) is 4.53. The van der Waals surface area contributed by atoms with Gasteiger partial charge in [-0.15, -0.1) is 11.3 Å². The number of rotatable bonds is 5. The van der Waals surface area contributed by atoms with Crippen molar-refractivity contribution in [2.75, 3.05) is 0 Å². The minimum atomic E-state index is 0.622. The number of fused-ring (bicyclic) bond motifs is 7. The van der Waals surface area contributed by atoms with Gasteiger partial charge >= 0.3 is 0 Å². The molecule has 0 bridgehead atoms. The van der Waals surface area contributed by atoms with Crippen LogP contribution in [0.4, 0.5) is 0 Å². The Labute approximate surface area is 291 Å². The zero-order chi connectivity index (χ0) is 33.0. The van der Waals surface area contributed by atoms with Gasteiger partial charge in [-0.1, -0.05) is 121 Å². The summed E-state index contributed by atoms with van der Waals surface area (Å²) < 4.78 is 8.66. The molecule has 0 saturated carbocycles. The molecule has 0 radical (unpaired) electrons. The first-order chi connectivity index (χ1) is 24.7. The van der Waals surface area contributed by atoms with Crippen molar-refractivity contribution < 1.29 is 4.42 Å². The maximum atomic E-state index is 6.30. The third-order valence-electron chi connectivity index (χ3n) is 9.17. The molecule has 0 atom stereocenters. The second kappa shape index (κ2) is 11.6. The van der Waals surface area contributed by atoms with Crippen molar-refractivity contribution >= 4 is 53.4 Å². The molecule has 0 aliphatic rings. The molecular weight excluding hydrogens is 633 g/mol. The van der Waals surface area contributed by atoms with Gasteiger partial charge in [-0.3, -0.25) is 0 Å². The number of benzene rings is 7. The van der Waals surface area contributed by atoms with Crippen LogP contribution in [-0.2, 0) is 0 Å². The molecule has 10 rings (SSSR count). The van der Waals surface area contributed by atoms with Gasteiger partial charge in [-0.25, -0.2) is 19.9 Å². The zero-order valence-corrected chi connectivity index (χ0v) is 27.4. The van der Waals surface area contributed by atoms with Gasteiger partial charge in [0.1, 0.15) is 5.52 Å². The van der Waals surface area contributed by atoms with E-state index in [2.05, 4.69) is 84.9 Å². The van der Waals surface area contributed by atoms with Crippen molar-refractivity contribution in [2.45, 2.75) is 0 Å². The van der Waals surface area contributed by atoms with E-state index < -0.39 is 0 Å². The molecule has 7 aromatic carbocycles. The highest BCUT2D eigenvalue weighted by Gasteiger charge is 2.18. The van der Waals surface area contributed by atoms with Crippen LogP contribution >= 0.6 is 11.3 Å². The number of nitrogens with zero attached hydrogens (tertiary/aromatic N) is 4. The van der Waals surface area contributed by atoms with Crippen LogP contribution in [0.1, 0.15) is 0 Å². The van der Waals surface area contributed by atoms with E-state index in [9.17, 15) is 0 Å². The van der Waals surface area contributed by atoms with Crippen molar-refractivity contribution in [3.05, 3.63) is 158 Å². The second-order valence-corrected chi connectivity index (χ2v) is 13.3. The molecule has 3 heterocycles. The highest BCUT2D eigenvalue weighted by atomic mass is 32.1. The lowest BCUT2D eigenvalue weighted by atomic mass is 10.0. The Morgan fingerprint density at radius 2 is 0.900 bits per heavy atom. The van der Waals surface area contributed by atoms with Crippen LogP contribution in [-0.4, -0.2) is 19.9 Å². The van der Waals surface area contributed by atoms with Crippen LogP contribution in [0.5, 0.6) is 0 Å². The first kappa shape index (κ1) is 28.5. The lowest BCUT2D eigenvalue weighted by molar-refractivity contribution is 0.620. The standard InChI is InChI=1S/C44H26N4OS/c1-4-10-27(11-5-1)28-16-19-31(20-17-28)42-46-41(30-12-6-2-7-13-30)47-43(48-42)33-21-18-29-22-24-36-38(34(29)26-33)39-37(50-36)25-23-35-40(39)45-44(49-35)32-14-8-3-9-15-32/h1-26H. The summed E-state index contributed by atoms with van der Waals surface area (Å²) in [5.41, 5.74) is 7.71. The molecule has 5 nitrogen and oxygen atoms in total. The van der Waals surface area contributed by atoms with Crippen molar-refractivity contribution in [3.8, 4) is 56.7 Å². The van der Waals surface area contributed by atoms with Gasteiger partial charge in [-0.2, -0.15) is 0 Å². The maximum absolute atomic E-state index is 6.30. The molecule has 0 N–H and O–H groups in total. The van der Waals surface area contributed by atoms with Crippen LogP contribution in [0.2, 0.25) is 0 Å². The summed E-state index contributed by atoms with van der Waals surface area (Å²) in [7, 11) is 0. The van der Waals surface area contributed by atoms with Gasteiger partial charge in [0.05, 0.1) is 0 Å². The number of oxazole rings is 1. The van der Waals surface area contributed by atoms with E-state index in [1.54, 1.807) is 11.3 Å². The summed E-state index contributed by atoms with van der Waals surface area (Å²) in [6.07, 6.45) is 0. The maximum Gasteiger partial charge on any atom is 0.227 e. The Kier molecular flexibility index (Phi) is 6.60. The molecule has 0 unspecified atom stereocenters. The third kappa shape index (κ3) is 4.85. The van der Waals surface area contributed by atoms with Gasteiger partial charge in [0.15, 0.2) is 23.1 Å². The normalized spacial score (nSPS) is 11.6. The van der Waals surface area contributed by atoms with Gasteiger partial charge in [0, 0.05) is 42.4 Å². The van der Waals surface area contributed by atoms with Gasteiger partial charge < -0.3 is 4.42 Å². The van der Waals surface area contributed by atoms with Crippen LogP contribution in [0.25, 0.3) is 98.8 Å². The number of hydrogen-bond donors (Lipinski definition) is 0. The van der Waals surface area contributed by atoms with Crippen molar-refractivity contribution in [1.29, 1.82) is 0 Å². The fourth-order valence-corrected chi connectivity index (χ4v) is 7.82. The van der Waals surface area contributed by atoms with Crippen LogP contribution in [0.3, 0.4) is 0 Å². The molecule has 0 spiro atoms. The minimum absolute atomic E-state index is 0.622. The summed E-state index contributed by atoms with van der Waals surface area (Å²) in [4.78, 5) is 20.1. The van der Waals surface area contributed by atoms with E-state index in [1.807, 2.05) is 72.8 Å². The Balaban J connectivity index is 1.16. The average molecular weight is 659 g/mol. The minimum Gasteiger partial charge on any atom is -0.436 e. The molecule has 6 heteroatoms. The van der Waals surface area contributed by atoms with E-state index in [-0.39, 0.29) is 0 Å². The monoisotopic (exact) mass is 658 g/mol. The topological polar surface area (TPSA) is 64.7 Å². The molecule has 0 saturated heterocycles. The Bertz CT molecular complexity index is 2850. The molecule has 0 aliphatic carbocycles. The lowest BCUT2D eigenvalue weighted by Gasteiger charge is -2.10. The highest BCUT2D eigenvalue weighted by molar-refractivity contribution is 7.26. The van der Waals surface area contributed by atoms with Crippen molar-refractivity contribution in [1.82, 2.24) is 19.9 Å². The summed E-state index contributed by atoms with van der Waals surface area (Å²) >= 11 is 1.77. The molecule has 234 valence electrons. The van der Waals surface area contributed by atoms with E-state index in [4.69, 9.17) is 24.4 Å². The fraction of sp³-hybridized carbons (Fsp3) is 0. The number of thiophene rings is 1. The molecule has 0 amide bonds. The van der Waals surface area contributed by atoms with Crippen molar-refractivity contribution in [2.24, 2.45) is 0 Å². The summed E-state index contributed by atoms with van der Waals surface area (Å²) in [6, 6.07) is 54.0. The first-order valence-electron chi connectivity index (χ1n) is 16.5. The fourth-order valence-electron chi connectivity index (χ4n) is 6.70. The SMILES string of the molecule is c1ccc(-c2ccc(-c3nc(-c4ccccc4)nc(-c4ccc5ccc6sc7ccc8oc(-c9ccccc9)nc8c7c6c5c4)n3)cc2)cc1. The van der Waals surface area contributed by atoms with Crippen LogP contribution in [0, 0.1) is 0 Å². The number of aromatic nitrogens is 4. The van der Waals surface area contributed by atoms with Gasteiger partial charge in [0.25, 0.3) is 0 Å². The summed E-state index contributed by atoms with van der Waals surface area (Å²) in [6.45, 7) is 0. The second-order valence-electron chi connectivity index (χ2n) is 12.3. The number of hydrogen-bond acceptors (Lipinski definition) is 6. The molecule has 0 fully saturated rings. The van der Waals surface area contributed by atoms with Gasteiger partial charge in [0.2, 0.25) is 5.89 Å². The average Bonchev–Trinajstić information content (AvgIpc) is 3.81. The van der Waals surface area contributed by atoms with E-state index in [0.717, 1.165) is 60.5 Å². The first-order valence-corrected chi connectivity index (χ1v) is 17.3. The predicted molar refractivity (Wildman–Crippen MR) is 205 cm³/mol. The van der Waals surface area contributed by atoms with E-state index >= 15 is 0 Å². The zero-order valence-electron chi connectivity index (χ0n) is 26.6. The van der Waals surface area contributed by atoms with E-state index in [1.165, 1.54) is 15.0 Å². The summed E-state index contributed by atoms with van der Waals surface area (Å²) in [5.74, 6) is 2.51. The molecule has 3 aromatic heterocycles. The smallest absolute Gasteiger partial charge is 0.227 e. The molecule has 10 aromatic rings. The molecular formula is C44H26N4OS. The van der Waals surface area contributed by atoms with Gasteiger partial charge in [-0.05, 0) is 58.3 Å². The third-order valence-corrected chi connectivity index (χ3v) is 10.3. The Morgan fingerprint density at radius 3 is 1.60 bits per heavy atom. The Morgan fingerprint density at radius 1 is 0.400 bits per heavy atom. The van der Waals surface area contributed by atoms with E-state index in [0.29, 0.717) is 23.4 Å². The van der Waals surface area contributed by atoms with Crippen molar-refractivity contribution in [3.63, 3.8) is 0 Å². The largest absolute Gasteiger partial charge is 0.436 e. The van der Waals surface area contributed by atoms with Crippen LogP contribution in [0.15, 0.2) is 162 Å². The molecule has 0 aliphatic heterocycles. The highest BCUT2D eigenvalue weighted by Crippen LogP contribution is 2.43. The van der Waals surface area contributed by atoms with Crippen LogP contribution < -0.4 is 0 Å². The molecule has 50 heavy (non-hydrogen) atoms. The Hall–Kier alpha value is -6.50.